The highest BCUT2D eigenvalue weighted by Gasteiger charge is 2.24. The van der Waals surface area contributed by atoms with Crippen LogP contribution in [0.4, 0.5) is 22.0 Å². The van der Waals surface area contributed by atoms with Crippen molar-refractivity contribution in [2.45, 2.75) is 70.8 Å². The lowest BCUT2D eigenvalue weighted by molar-refractivity contribution is 0.0786. The highest BCUT2D eigenvalue weighted by Crippen LogP contribution is 2.34. The molecule has 4 N–H and O–H groups in total. The van der Waals surface area contributed by atoms with Crippen molar-refractivity contribution in [2.75, 3.05) is 24.3 Å². The molecule has 53 heavy (non-hydrogen) atoms. The van der Waals surface area contributed by atoms with Crippen LogP contribution >= 0.6 is 34.8 Å². The molecule has 1 heterocycles. The van der Waals surface area contributed by atoms with Gasteiger partial charge >= 0.3 is 11.7 Å². The van der Waals surface area contributed by atoms with Gasteiger partial charge in [0.1, 0.15) is 5.69 Å². The summed E-state index contributed by atoms with van der Waals surface area (Å²) in [5, 5.41) is 13.8. The van der Waals surface area contributed by atoms with Crippen LogP contribution in [-0.2, 0) is 4.74 Å². The van der Waals surface area contributed by atoms with Gasteiger partial charge in [0.2, 0.25) is 5.75 Å². The maximum absolute atomic E-state index is 13.8. The third kappa shape index (κ3) is 10.8. The number of hydrogen-bond acceptors (Lipinski definition) is 6. The lowest BCUT2D eigenvalue weighted by Gasteiger charge is -2.16. The predicted octanol–water partition coefficient (Wildman–Crippen LogP) is 10.9. The first-order valence-electron chi connectivity index (χ1n) is 17.8. The predicted molar refractivity (Wildman–Crippen MR) is 215 cm³/mol. The number of benzene rings is 4. The lowest BCUT2D eigenvalue weighted by Crippen LogP contribution is -2.33. The average molecular weight is 781 g/mol. The van der Waals surface area contributed by atoms with Gasteiger partial charge in [-0.1, -0.05) is 136 Å². The molecule has 5 aromatic rings. The Balaban J connectivity index is 1.31. The molecule has 280 valence electrons. The number of aromatic nitrogens is 2. The lowest BCUT2D eigenvalue weighted by atomic mass is 10.1. The molecule has 0 fully saturated rings. The van der Waals surface area contributed by atoms with Gasteiger partial charge in [-0.05, 0) is 48.2 Å². The number of ether oxygens (including phenoxy) is 2. The van der Waals surface area contributed by atoms with E-state index in [1.165, 1.54) is 50.7 Å². The molecule has 0 radical (unpaired) electrons. The van der Waals surface area contributed by atoms with Gasteiger partial charge in [0.25, 0.3) is 5.91 Å². The Bertz CT molecular complexity index is 2050. The van der Waals surface area contributed by atoms with Crippen LogP contribution in [0.15, 0.2) is 83.7 Å². The first-order valence-corrected chi connectivity index (χ1v) is 19.0. The van der Waals surface area contributed by atoms with Crippen LogP contribution in [0.25, 0.3) is 16.5 Å². The molecule has 0 aliphatic carbocycles. The van der Waals surface area contributed by atoms with Crippen molar-refractivity contribution >= 4 is 74.8 Å². The summed E-state index contributed by atoms with van der Waals surface area (Å²) in [6, 6.07) is 22.5. The molecule has 0 bridgehead atoms. The number of rotatable bonds is 18. The molecule has 13 heteroatoms. The Kier molecular flexibility index (Phi) is 14.7. The molecule has 2 amide bonds. The fourth-order valence-electron chi connectivity index (χ4n) is 6.07. The summed E-state index contributed by atoms with van der Waals surface area (Å²) in [5.74, 6) is -0.653. The summed E-state index contributed by atoms with van der Waals surface area (Å²) >= 11 is 19.1. The Morgan fingerprint density at radius 2 is 1.53 bits per heavy atom. The highest BCUT2D eigenvalue weighted by atomic mass is 35.5. The topological polar surface area (TPSA) is 126 Å². The van der Waals surface area contributed by atoms with E-state index >= 15 is 0 Å². The number of methoxy groups -OCH3 is 1. The molecule has 1 unspecified atom stereocenters. The normalized spacial score (nSPS) is 11.7. The van der Waals surface area contributed by atoms with Crippen molar-refractivity contribution in [1.82, 2.24) is 15.1 Å². The van der Waals surface area contributed by atoms with E-state index in [4.69, 9.17) is 44.3 Å². The second-order valence-electron chi connectivity index (χ2n) is 12.8. The minimum Gasteiger partial charge on any atom is -0.400 e. The van der Waals surface area contributed by atoms with Gasteiger partial charge in [0.05, 0.1) is 21.8 Å². The standard InChI is InChI=1S/C40H44Cl3N5O5/c1-3-4-5-6-7-8-9-10-19-30(52-2)25-44-38(49)27-17-13-18-29(22-27)45-37-36(39(50)48(47-37)35-32(42)23-28(41)24-33(35)43)53-40(51)46-34-21-14-16-26-15-11-12-20-31(26)34/h11-18,20-24,30,45,47H,3-10,19,25H2,1-2H3,(H,44,49)(H,46,51). The molecule has 1 aromatic heterocycles. The van der Waals surface area contributed by atoms with Gasteiger partial charge < -0.3 is 20.1 Å². The fourth-order valence-corrected chi connectivity index (χ4v) is 7.06. The number of carbonyl (C=O) groups excluding carboxylic acids is 2. The molecule has 0 spiro atoms. The average Bonchev–Trinajstić information content (AvgIpc) is 3.43. The van der Waals surface area contributed by atoms with E-state index in [1.54, 1.807) is 43.5 Å². The maximum Gasteiger partial charge on any atom is 0.417 e. The first-order chi connectivity index (χ1) is 25.7. The van der Waals surface area contributed by atoms with Crippen molar-refractivity contribution < 1.29 is 19.1 Å². The molecule has 5 rings (SSSR count). The molecule has 0 aliphatic rings. The third-order valence-corrected chi connectivity index (χ3v) is 9.67. The second kappa shape index (κ2) is 19.6. The van der Waals surface area contributed by atoms with Gasteiger partial charge in [-0.3, -0.25) is 20.0 Å². The van der Waals surface area contributed by atoms with E-state index in [2.05, 4.69) is 28.0 Å². The summed E-state index contributed by atoms with van der Waals surface area (Å²) < 4.78 is 12.3. The van der Waals surface area contributed by atoms with Crippen LogP contribution in [0.3, 0.4) is 0 Å². The number of carbonyl (C=O) groups is 2. The summed E-state index contributed by atoms with van der Waals surface area (Å²) in [6.45, 7) is 2.59. The van der Waals surface area contributed by atoms with Crippen molar-refractivity contribution in [3.8, 4) is 11.4 Å². The molecule has 4 aromatic carbocycles. The van der Waals surface area contributed by atoms with Crippen molar-refractivity contribution in [3.05, 3.63) is 110 Å². The van der Waals surface area contributed by atoms with Crippen LogP contribution in [0.1, 0.15) is 75.1 Å². The molecule has 0 saturated carbocycles. The Morgan fingerprint density at radius 3 is 2.26 bits per heavy atom. The van der Waals surface area contributed by atoms with Gasteiger partial charge in [0.15, 0.2) is 5.82 Å². The smallest absolute Gasteiger partial charge is 0.400 e. The maximum atomic E-state index is 13.8. The van der Waals surface area contributed by atoms with Crippen molar-refractivity contribution in [1.29, 1.82) is 0 Å². The number of halogens is 3. The van der Waals surface area contributed by atoms with E-state index in [-0.39, 0.29) is 44.3 Å². The van der Waals surface area contributed by atoms with Crippen molar-refractivity contribution in [2.24, 2.45) is 0 Å². The number of fused-ring (bicyclic) bond motifs is 1. The first kappa shape index (κ1) is 39.7. The Morgan fingerprint density at radius 1 is 0.849 bits per heavy atom. The zero-order chi connectivity index (χ0) is 37.7. The highest BCUT2D eigenvalue weighted by molar-refractivity contribution is 6.40. The third-order valence-electron chi connectivity index (χ3n) is 8.87. The van der Waals surface area contributed by atoms with Gasteiger partial charge in [-0.25, -0.2) is 9.48 Å². The number of nitrogens with one attached hydrogen (secondary N) is 4. The summed E-state index contributed by atoms with van der Waals surface area (Å²) in [7, 11) is 1.66. The summed E-state index contributed by atoms with van der Waals surface area (Å²) in [5.41, 5.74) is 0.639. The second-order valence-corrected chi connectivity index (χ2v) is 14.0. The zero-order valence-electron chi connectivity index (χ0n) is 29.8. The molecular weight excluding hydrogens is 737 g/mol. The number of H-pyrrole nitrogens is 1. The van der Waals surface area contributed by atoms with Gasteiger partial charge in [-0.2, -0.15) is 0 Å². The minimum atomic E-state index is -0.909. The number of amides is 2. The molecule has 0 aliphatic heterocycles. The van der Waals surface area contributed by atoms with Crippen LogP contribution in [-0.4, -0.2) is 41.5 Å². The van der Waals surface area contributed by atoms with E-state index in [0.717, 1.165) is 34.7 Å². The minimum absolute atomic E-state index is 0.00696. The number of hydrogen-bond donors (Lipinski definition) is 4. The molecule has 10 nitrogen and oxygen atoms in total. The van der Waals surface area contributed by atoms with Crippen molar-refractivity contribution in [3.63, 3.8) is 0 Å². The number of anilines is 3. The number of unbranched alkanes of at least 4 members (excludes halogenated alkanes) is 7. The van der Waals surface area contributed by atoms with Crippen LogP contribution < -0.4 is 26.2 Å². The van der Waals surface area contributed by atoms with E-state index < -0.39 is 11.7 Å². The summed E-state index contributed by atoms with van der Waals surface area (Å²) in [4.78, 5) is 40.4. The zero-order valence-corrected chi connectivity index (χ0v) is 32.0. The Labute approximate surface area is 324 Å². The van der Waals surface area contributed by atoms with Crippen LogP contribution in [0.2, 0.25) is 15.1 Å². The monoisotopic (exact) mass is 779 g/mol. The molecular formula is C40H44Cl3N5O5. The van der Waals surface area contributed by atoms with Crippen LogP contribution in [0.5, 0.6) is 5.75 Å². The van der Waals surface area contributed by atoms with E-state index in [0.29, 0.717) is 23.5 Å². The molecule has 0 saturated heterocycles. The van der Waals surface area contributed by atoms with Gasteiger partial charge in [0, 0.05) is 35.3 Å². The number of aromatic amines is 1. The molecule has 1 atom stereocenters. The largest absolute Gasteiger partial charge is 0.417 e. The van der Waals surface area contributed by atoms with E-state index in [9.17, 15) is 14.4 Å². The Hall–Kier alpha value is -4.48. The van der Waals surface area contributed by atoms with Gasteiger partial charge in [-0.15, -0.1) is 0 Å². The SMILES string of the molecule is CCCCCCCCCCC(CNC(=O)c1cccc(Nc2[nH]n(-c3c(Cl)cc(Cl)cc3Cl)c(=O)c2OC(=O)Nc2cccc3ccccc23)c1)OC. The van der Waals surface area contributed by atoms with Crippen LogP contribution in [0, 0.1) is 0 Å². The quantitative estimate of drug-likeness (QED) is 0.0656. The summed E-state index contributed by atoms with van der Waals surface area (Å²) in [6.07, 6.45) is 9.63. The van der Waals surface area contributed by atoms with E-state index in [1.807, 2.05) is 30.3 Å². The number of nitrogens with zero attached hydrogens (tertiary/aromatic N) is 1. The fraction of sp³-hybridized carbons (Fsp3) is 0.325.